The molecule has 0 aromatic heterocycles. The molecule has 2 rings (SSSR count). The van der Waals surface area contributed by atoms with Gasteiger partial charge in [-0.1, -0.05) is 39.0 Å². The summed E-state index contributed by atoms with van der Waals surface area (Å²) < 4.78 is 5.51. The van der Waals surface area contributed by atoms with Gasteiger partial charge in [0.25, 0.3) is 0 Å². The quantitative estimate of drug-likeness (QED) is 0.483. The van der Waals surface area contributed by atoms with Gasteiger partial charge in [0.2, 0.25) is 0 Å². The smallest absolute Gasteiger partial charge is 0.167 e. The van der Waals surface area contributed by atoms with Crippen molar-refractivity contribution in [3.63, 3.8) is 0 Å². The van der Waals surface area contributed by atoms with Crippen molar-refractivity contribution < 1.29 is 9.53 Å². The minimum atomic E-state index is -0.272. The van der Waals surface area contributed by atoms with E-state index < -0.39 is 0 Å². The first kappa shape index (κ1) is 10.2. The second-order valence-electron chi connectivity index (χ2n) is 4.62. The molecule has 1 heterocycles. The molecule has 2 nitrogen and oxygen atoms in total. The van der Waals surface area contributed by atoms with Crippen LogP contribution in [0, 0.1) is 0 Å². The third-order valence-electron chi connectivity index (χ3n) is 3.57. The van der Waals surface area contributed by atoms with Crippen LogP contribution in [0.25, 0.3) is 0 Å². The first-order valence-corrected chi connectivity index (χ1v) is 6.01. The van der Waals surface area contributed by atoms with Crippen molar-refractivity contribution >= 4 is 5.78 Å². The number of ketones is 1. The number of fused-ring (bicyclic) bond motifs is 1. The minimum Gasteiger partial charge on any atom is -0.358 e. The normalized spacial score (nSPS) is 34.6. The Morgan fingerprint density at radius 2 is 2.14 bits per heavy atom. The lowest BCUT2D eigenvalue weighted by Gasteiger charge is -2.06. The summed E-state index contributed by atoms with van der Waals surface area (Å²) in [6.45, 7) is 2.22. The molecule has 2 atom stereocenters. The molecule has 0 radical (unpaired) electrons. The second kappa shape index (κ2) is 4.01. The second-order valence-corrected chi connectivity index (χ2v) is 4.62. The van der Waals surface area contributed by atoms with E-state index in [1.165, 1.54) is 32.1 Å². The van der Waals surface area contributed by atoms with Crippen LogP contribution in [-0.4, -0.2) is 17.5 Å². The van der Waals surface area contributed by atoms with Gasteiger partial charge in [0.1, 0.15) is 0 Å². The maximum atomic E-state index is 11.5. The fourth-order valence-electron chi connectivity index (χ4n) is 2.58. The Bertz CT molecular complexity index is 224. The van der Waals surface area contributed by atoms with Crippen molar-refractivity contribution in [3.05, 3.63) is 0 Å². The Hall–Kier alpha value is -0.370. The number of epoxide rings is 1. The van der Waals surface area contributed by atoms with Gasteiger partial charge in [-0.05, 0) is 12.8 Å². The molecule has 2 heteroatoms. The summed E-state index contributed by atoms with van der Waals surface area (Å²) in [5.74, 6) is 0.373. The molecule has 0 amide bonds. The highest BCUT2D eigenvalue weighted by Gasteiger charge is 2.64. The van der Waals surface area contributed by atoms with Crippen LogP contribution < -0.4 is 0 Å². The van der Waals surface area contributed by atoms with E-state index in [0.717, 1.165) is 19.3 Å². The van der Waals surface area contributed by atoms with Gasteiger partial charge in [-0.3, -0.25) is 4.79 Å². The van der Waals surface area contributed by atoms with Crippen molar-refractivity contribution in [1.82, 2.24) is 0 Å². The first-order chi connectivity index (χ1) is 6.79. The molecule has 14 heavy (non-hydrogen) atoms. The van der Waals surface area contributed by atoms with E-state index >= 15 is 0 Å². The molecule has 0 bridgehead atoms. The molecule has 0 aromatic rings. The van der Waals surface area contributed by atoms with E-state index in [0.29, 0.717) is 11.9 Å². The maximum Gasteiger partial charge on any atom is 0.167 e. The fourth-order valence-corrected chi connectivity index (χ4v) is 2.58. The SMILES string of the molecule is CCCCCCCC12OC1CCC2=O. The molecule has 2 unspecified atom stereocenters. The van der Waals surface area contributed by atoms with Crippen LogP contribution in [0.4, 0.5) is 0 Å². The number of carbonyl (C=O) groups excluding carboxylic acids is 1. The molecule has 2 aliphatic rings. The number of hydrogen-bond acceptors (Lipinski definition) is 2. The molecule has 1 aliphatic carbocycles. The number of ether oxygens (including phenoxy) is 1. The average molecular weight is 196 g/mol. The van der Waals surface area contributed by atoms with E-state index in [1.807, 2.05) is 0 Å². The summed E-state index contributed by atoms with van der Waals surface area (Å²) >= 11 is 0. The van der Waals surface area contributed by atoms with Gasteiger partial charge in [0, 0.05) is 6.42 Å². The lowest BCUT2D eigenvalue weighted by atomic mass is 9.97. The Kier molecular flexibility index (Phi) is 2.91. The van der Waals surface area contributed by atoms with Gasteiger partial charge in [0.05, 0.1) is 6.10 Å². The molecule has 1 aliphatic heterocycles. The van der Waals surface area contributed by atoms with E-state index in [1.54, 1.807) is 0 Å². The molecular formula is C12H20O2. The number of carbonyl (C=O) groups is 1. The largest absolute Gasteiger partial charge is 0.358 e. The molecule has 0 N–H and O–H groups in total. The summed E-state index contributed by atoms with van der Waals surface area (Å²) in [6, 6.07) is 0. The number of hydrogen-bond donors (Lipinski definition) is 0. The van der Waals surface area contributed by atoms with Crippen LogP contribution >= 0.6 is 0 Å². The van der Waals surface area contributed by atoms with E-state index in [2.05, 4.69) is 6.92 Å². The summed E-state index contributed by atoms with van der Waals surface area (Å²) in [5.41, 5.74) is -0.272. The van der Waals surface area contributed by atoms with E-state index in [-0.39, 0.29) is 5.60 Å². The highest BCUT2D eigenvalue weighted by molar-refractivity contribution is 5.93. The zero-order valence-corrected chi connectivity index (χ0v) is 9.05. The van der Waals surface area contributed by atoms with Crippen LogP contribution in [0.2, 0.25) is 0 Å². The summed E-state index contributed by atoms with van der Waals surface area (Å²) in [4.78, 5) is 11.5. The first-order valence-electron chi connectivity index (χ1n) is 6.01. The Morgan fingerprint density at radius 1 is 1.36 bits per heavy atom. The monoisotopic (exact) mass is 196 g/mol. The molecular weight excluding hydrogens is 176 g/mol. The molecule has 2 fully saturated rings. The van der Waals surface area contributed by atoms with Crippen LogP contribution in [0.1, 0.15) is 58.3 Å². The topological polar surface area (TPSA) is 29.6 Å². The standard InChI is InChI=1S/C12H20O2/c1-2-3-4-5-6-9-12-10(13)7-8-11(12)14-12/h11H,2-9H2,1H3. The van der Waals surface area contributed by atoms with Gasteiger partial charge in [-0.15, -0.1) is 0 Å². The number of unbranched alkanes of at least 4 members (excludes halogenated alkanes) is 4. The summed E-state index contributed by atoms with van der Waals surface area (Å²) in [7, 11) is 0. The molecule has 80 valence electrons. The van der Waals surface area contributed by atoms with Crippen molar-refractivity contribution in [1.29, 1.82) is 0 Å². The maximum absolute atomic E-state index is 11.5. The molecule has 1 saturated heterocycles. The average Bonchev–Trinajstić information content (AvgIpc) is 2.82. The highest BCUT2D eigenvalue weighted by atomic mass is 16.6. The zero-order chi connectivity index (χ0) is 10.0. The predicted molar refractivity (Wildman–Crippen MR) is 55.2 cm³/mol. The third kappa shape index (κ3) is 1.72. The predicted octanol–water partition coefficient (Wildman–Crippen LogP) is 2.85. The third-order valence-corrected chi connectivity index (χ3v) is 3.57. The van der Waals surface area contributed by atoms with Gasteiger partial charge in [-0.25, -0.2) is 0 Å². The number of rotatable bonds is 6. The van der Waals surface area contributed by atoms with E-state index in [4.69, 9.17) is 4.74 Å². The molecule has 1 saturated carbocycles. The van der Waals surface area contributed by atoms with Crippen molar-refractivity contribution in [3.8, 4) is 0 Å². The van der Waals surface area contributed by atoms with Crippen LogP contribution in [0.5, 0.6) is 0 Å². The van der Waals surface area contributed by atoms with Gasteiger partial charge in [-0.2, -0.15) is 0 Å². The fraction of sp³-hybridized carbons (Fsp3) is 0.917. The lowest BCUT2D eigenvalue weighted by Crippen LogP contribution is -2.21. The van der Waals surface area contributed by atoms with Crippen LogP contribution in [-0.2, 0) is 9.53 Å². The zero-order valence-electron chi connectivity index (χ0n) is 9.05. The number of Topliss-reactive ketones (excluding diaryl/α,β-unsaturated/α-hetero) is 1. The van der Waals surface area contributed by atoms with Crippen LogP contribution in [0.3, 0.4) is 0 Å². The minimum absolute atomic E-state index is 0.272. The summed E-state index contributed by atoms with van der Waals surface area (Å²) in [5, 5.41) is 0. The van der Waals surface area contributed by atoms with E-state index in [9.17, 15) is 4.79 Å². The Morgan fingerprint density at radius 3 is 2.71 bits per heavy atom. The Balaban J connectivity index is 1.64. The molecule has 0 aromatic carbocycles. The molecule has 0 spiro atoms. The van der Waals surface area contributed by atoms with Crippen molar-refractivity contribution in [2.45, 2.75) is 70.0 Å². The Labute approximate surface area is 86.0 Å². The lowest BCUT2D eigenvalue weighted by molar-refractivity contribution is -0.124. The van der Waals surface area contributed by atoms with Gasteiger partial charge < -0.3 is 4.74 Å². The van der Waals surface area contributed by atoms with Crippen LogP contribution in [0.15, 0.2) is 0 Å². The van der Waals surface area contributed by atoms with Gasteiger partial charge >= 0.3 is 0 Å². The van der Waals surface area contributed by atoms with Crippen molar-refractivity contribution in [2.75, 3.05) is 0 Å². The van der Waals surface area contributed by atoms with Crippen molar-refractivity contribution in [2.24, 2.45) is 0 Å². The highest BCUT2D eigenvalue weighted by Crippen LogP contribution is 2.50. The van der Waals surface area contributed by atoms with Gasteiger partial charge in [0.15, 0.2) is 11.4 Å². The summed E-state index contributed by atoms with van der Waals surface area (Å²) in [6.07, 6.45) is 9.38.